The molecule has 1 fully saturated rings. The van der Waals surface area contributed by atoms with Crippen LogP contribution in [0.25, 0.3) is 0 Å². The Morgan fingerprint density at radius 2 is 2.29 bits per heavy atom. The largest absolute Gasteiger partial charge is 0.301 e. The molecule has 0 saturated heterocycles. The monoisotopic (exact) mass is 270 g/mol. The number of hydrogen-bond acceptors (Lipinski definition) is 4. The second kappa shape index (κ2) is 4.98. The number of aromatic nitrogens is 1. The molecule has 2 rings (SSSR count). The highest BCUT2D eigenvalue weighted by molar-refractivity contribution is 8.01. The van der Waals surface area contributed by atoms with Crippen molar-refractivity contribution in [3.8, 4) is 0 Å². The molecule has 1 heterocycles. The Labute approximate surface area is 110 Å². The van der Waals surface area contributed by atoms with Crippen molar-refractivity contribution in [1.29, 1.82) is 0 Å². The van der Waals surface area contributed by atoms with Gasteiger partial charge in [-0.15, -0.1) is 23.1 Å². The molecule has 3 nitrogen and oxygen atoms in total. The maximum absolute atomic E-state index is 11.7. The fraction of sp³-hybridized carbons (Fsp3) is 0.667. The summed E-state index contributed by atoms with van der Waals surface area (Å²) in [4.78, 5) is 16.1. The number of carbonyl (C=O) groups is 1. The molecule has 0 atom stereocenters. The number of anilines is 1. The second-order valence-corrected chi connectivity index (χ2v) is 7.96. The lowest BCUT2D eigenvalue weighted by atomic mass is 10.3. The third kappa shape index (κ3) is 4.32. The fourth-order valence-corrected chi connectivity index (χ4v) is 2.79. The summed E-state index contributed by atoms with van der Waals surface area (Å²) in [7, 11) is 0. The Balaban J connectivity index is 1.80. The molecular formula is C12H18N2OS2. The van der Waals surface area contributed by atoms with Crippen molar-refractivity contribution >= 4 is 34.1 Å². The molecule has 94 valence electrons. The summed E-state index contributed by atoms with van der Waals surface area (Å²) < 4.78 is 0.124. The minimum atomic E-state index is 0.0432. The predicted molar refractivity (Wildman–Crippen MR) is 74.9 cm³/mol. The van der Waals surface area contributed by atoms with Gasteiger partial charge in [0.25, 0.3) is 0 Å². The maximum atomic E-state index is 11.7. The van der Waals surface area contributed by atoms with Crippen LogP contribution in [0.2, 0.25) is 0 Å². The van der Waals surface area contributed by atoms with E-state index in [1.54, 1.807) is 11.8 Å². The van der Waals surface area contributed by atoms with E-state index in [0.29, 0.717) is 11.7 Å². The lowest BCUT2D eigenvalue weighted by molar-refractivity contribution is -0.113. The summed E-state index contributed by atoms with van der Waals surface area (Å²) in [6, 6.07) is 0. The third-order valence-electron chi connectivity index (χ3n) is 2.40. The van der Waals surface area contributed by atoms with Crippen molar-refractivity contribution in [3.63, 3.8) is 0 Å². The summed E-state index contributed by atoms with van der Waals surface area (Å²) >= 11 is 3.18. The standard InChI is InChI=1S/C12H18N2OS2/c1-12(2,3)17-7-10(15)14-11-13-9(6-16-11)8-4-5-8/h6,8H,4-5,7H2,1-3H3,(H,13,14,15). The van der Waals surface area contributed by atoms with Crippen LogP contribution in [0.4, 0.5) is 5.13 Å². The van der Waals surface area contributed by atoms with E-state index in [0.717, 1.165) is 10.8 Å². The van der Waals surface area contributed by atoms with Gasteiger partial charge in [0, 0.05) is 16.0 Å². The Kier molecular flexibility index (Phi) is 3.78. The van der Waals surface area contributed by atoms with Crippen LogP contribution in [0, 0.1) is 0 Å². The number of nitrogens with one attached hydrogen (secondary N) is 1. The zero-order chi connectivity index (χ0) is 12.5. The lowest BCUT2D eigenvalue weighted by Gasteiger charge is -2.16. The Morgan fingerprint density at radius 1 is 1.59 bits per heavy atom. The van der Waals surface area contributed by atoms with Gasteiger partial charge in [-0.25, -0.2) is 4.98 Å². The first kappa shape index (κ1) is 12.9. The number of carbonyl (C=O) groups excluding carboxylic acids is 1. The van der Waals surface area contributed by atoms with Gasteiger partial charge in [0.05, 0.1) is 11.4 Å². The van der Waals surface area contributed by atoms with Crippen LogP contribution in [-0.2, 0) is 4.79 Å². The maximum Gasteiger partial charge on any atom is 0.236 e. The van der Waals surface area contributed by atoms with Gasteiger partial charge in [0.2, 0.25) is 5.91 Å². The Hall–Kier alpha value is -0.550. The number of rotatable bonds is 4. The van der Waals surface area contributed by atoms with Crippen LogP contribution in [0.1, 0.15) is 45.2 Å². The van der Waals surface area contributed by atoms with Gasteiger partial charge >= 0.3 is 0 Å². The van der Waals surface area contributed by atoms with Crippen LogP contribution in [-0.4, -0.2) is 21.4 Å². The summed E-state index contributed by atoms with van der Waals surface area (Å²) in [5.74, 6) is 1.18. The molecule has 1 N–H and O–H groups in total. The number of nitrogens with zero attached hydrogens (tertiary/aromatic N) is 1. The van der Waals surface area contributed by atoms with E-state index in [1.165, 1.54) is 24.2 Å². The van der Waals surface area contributed by atoms with E-state index in [-0.39, 0.29) is 10.7 Å². The van der Waals surface area contributed by atoms with E-state index < -0.39 is 0 Å². The smallest absolute Gasteiger partial charge is 0.236 e. The first-order valence-electron chi connectivity index (χ1n) is 5.83. The molecule has 0 aromatic carbocycles. The minimum Gasteiger partial charge on any atom is -0.301 e. The van der Waals surface area contributed by atoms with Crippen LogP contribution in [0.5, 0.6) is 0 Å². The normalized spacial score (nSPS) is 15.9. The molecule has 1 aromatic rings. The molecule has 1 aromatic heterocycles. The molecule has 0 radical (unpaired) electrons. The number of hydrogen-bond donors (Lipinski definition) is 1. The number of thioether (sulfide) groups is 1. The van der Waals surface area contributed by atoms with Crippen LogP contribution in [0.15, 0.2) is 5.38 Å². The van der Waals surface area contributed by atoms with Crippen LogP contribution < -0.4 is 5.32 Å². The third-order valence-corrected chi connectivity index (χ3v) is 4.45. The molecule has 17 heavy (non-hydrogen) atoms. The number of thiazole rings is 1. The average Bonchev–Trinajstić information content (AvgIpc) is 2.97. The van der Waals surface area contributed by atoms with Gasteiger partial charge in [0.1, 0.15) is 0 Å². The van der Waals surface area contributed by atoms with Gasteiger partial charge in [-0.2, -0.15) is 0 Å². The van der Waals surface area contributed by atoms with Crippen molar-refractivity contribution in [2.24, 2.45) is 0 Å². The van der Waals surface area contributed by atoms with Crippen LogP contribution in [0.3, 0.4) is 0 Å². The van der Waals surface area contributed by atoms with Crippen molar-refractivity contribution in [2.45, 2.75) is 44.3 Å². The van der Waals surface area contributed by atoms with Crippen molar-refractivity contribution in [2.75, 3.05) is 11.1 Å². The van der Waals surface area contributed by atoms with Crippen molar-refractivity contribution in [3.05, 3.63) is 11.1 Å². The quantitative estimate of drug-likeness (QED) is 0.910. The molecule has 1 aliphatic carbocycles. The highest BCUT2D eigenvalue weighted by Gasteiger charge is 2.26. The molecular weight excluding hydrogens is 252 g/mol. The number of amides is 1. The van der Waals surface area contributed by atoms with Crippen molar-refractivity contribution < 1.29 is 4.79 Å². The summed E-state index contributed by atoms with van der Waals surface area (Å²) in [6.45, 7) is 6.33. The SMILES string of the molecule is CC(C)(C)SCC(=O)Nc1nc(C2CC2)cs1. The first-order chi connectivity index (χ1) is 7.94. The minimum absolute atomic E-state index is 0.0432. The second-order valence-electron chi connectivity index (χ2n) is 5.30. The first-order valence-corrected chi connectivity index (χ1v) is 7.70. The van der Waals surface area contributed by atoms with E-state index >= 15 is 0 Å². The molecule has 1 amide bonds. The van der Waals surface area contributed by atoms with E-state index in [2.05, 4.69) is 36.5 Å². The van der Waals surface area contributed by atoms with Gasteiger partial charge in [-0.05, 0) is 12.8 Å². The Morgan fingerprint density at radius 3 is 2.88 bits per heavy atom. The van der Waals surface area contributed by atoms with Gasteiger partial charge in [-0.1, -0.05) is 20.8 Å². The Bertz CT molecular complexity index is 405. The lowest BCUT2D eigenvalue weighted by Crippen LogP contribution is -2.18. The topological polar surface area (TPSA) is 42.0 Å². The molecule has 0 bridgehead atoms. The van der Waals surface area contributed by atoms with E-state index in [4.69, 9.17) is 0 Å². The van der Waals surface area contributed by atoms with Gasteiger partial charge in [0.15, 0.2) is 5.13 Å². The van der Waals surface area contributed by atoms with E-state index in [1.807, 2.05) is 0 Å². The zero-order valence-corrected chi connectivity index (χ0v) is 12.1. The van der Waals surface area contributed by atoms with Crippen LogP contribution >= 0.6 is 23.1 Å². The molecule has 0 aliphatic heterocycles. The molecule has 0 unspecified atom stereocenters. The van der Waals surface area contributed by atoms with Crippen molar-refractivity contribution in [1.82, 2.24) is 4.98 Å². The van der Waals surface area contributed by atoms with Gasteiger partial charge < -0.3 is 5.32 Å². The molecule has 1 aliphatic rings. The zero-order valence-electron chi connectivity index (χ0n) is 10.4. The summed E-state index contributed by atoms with van der Waals surface area (Å²) in [6.07, 6.45) is 2.49. The molecule has 5 heteroatoms. The highest BCUT2D eigenvalue weighted by Crippen LogP contribution is 2.40. The summed E-state index contributed by atoms with van der Waals surface area (Å²) in [5, 5.41) is 5.67. The molecule has 1 saturated carbocycles. The summed E-state index contributed by atoms with van der Waals surface area (Å²) in [5.41, 5.74) is 1.15. The predicted octanol–water partition coefficient (Wildman–Crippen LogP) is 3.49. The highest BCUT2D eigenvalue weighted by atomic mass is 32.2. The molecule has 0 spiro atoms. The fourth-order valence-electron chi connectivity index (χ4n) is 1.35. The average molecular weight is 270 g/mol. The van der Waals surface area contributed by atoms with Gasteiger partial charge in [-0.3, -0.25) is 4.79 Å². The van der Waals surface area contributed by atoms with E-state index in [9.17, 15) is 4.79 Å².